The van der Waals surface area contributed by atoms with E-state index >= 15 is 0 Å². The molecule has 6 heteroatoms. The van der Waals surface area contributed by atoms with Crippen LogP contribution in [0, 0.1) is 0 Å². The third kappa shape index (κ3) is 2.94. The molecule has 1 aromatic heterocycles. The summed E-state index contributed by atoms with van der Waals surface area (Å²) in [6.07, 6.45) is 3.03. The van der Waals surface area contributed by atoms with Crippen molar-refractivity contribution in [2.24, 2.45) is 0 Å². The first-order valence-corrected chi connectivity index (χ1v) is 6.94. The molecule has 2 aromatic carbocycles. The molecule has 22 heavy (non-hydrogen) atoms. The number of rotatable bonds is 3. The highest BCUT2D eigenvalue weighted by Gasteiger charge is 2.13. The normalized spacial score (nSPS) is 11.0. The fourth-order valence-electron chi connectivity index (χ4n) is 1.94. The van der Waals surface area contributed by atoms with Gasteiger partial charge in [-0.2, -0.15) is 4.68 Å². The number of nitrogens with zero attached hydrogens (tertiary/aromatic N) is 4. The molecule has 0 atom stereocenters. The second-order valence-electron chi connectivity index (χ2n) is 4.47. The van der Waals surface area contributed by atoms with Crippen molar-refractivity contribution in [1.82, 2.24) is 20.2 Å². The number of halogens is 1. The summed E-state index contributed by atoms with van der Waals surface area (Å²) >= 11 is 6.05. The molecule has 0 saturated carbocycles. The van der Waals surface area contributed by atoms with Crippen molar-refractivity contribution in [2.75, 3.05) is 0 Å². The van der Waals surface area contributed by atoms with Crippen LogP contribution in [-0.2, 0) is 0 Å². The Bertz CT molecular complexity index is 827. The molecule has 0 amide bonds. The van der Waals surface area contributed by atoms with Gasteiger partial charge in [0.15, 0.2) is 5.82 Å². The summed E-state index contributed by atoms with van der Waals surface area (Å²) in [6, 6.07) is 16.6. The highest BCUT2D eigenvalue weighted by Crippen LogP contribution is 2.17. The van der Waals surface area contributed by atoms with E-state index in [4.69, 9.17) is 11.6 Å². The van der Waals surface area contributed by atoms with Crippen molar-refractivity contribution in [3.8, 4) is 11.4 Å². The molecule has 0 aliphatic rings. The third-order valence-corrected chi connectivity index (χ3v) is 3.37. The Morgan fingerprint density at radius 1 is 1.05 bits per heavy atom. The van der Waals surface area contributed by atoms with Crippen LogP contribution in [0.4, 0.5) is 0 Å². The Labute approximate surface area is 131 Å². The summed E-state index contributed by atoms with van der Waals surface area (Å²) in [7, 11) is 0. The zero-order valence-corrected chi connectivity index (χ0v) is 12.2. The van der Waals surface area contributed by atoms with E-state index in [2.05, 4.69) is 15.5 Å². The van der Waals surface area contributed by atoms with Crippen LogP contribution < -0.4 is 0 Å². The predicted molar refractivity (Wildman–Crippen MR) is 84.4 cm³/mol. The SMILES string of the molecule is O=C(/C=C/c1ccccc1Cl)n1nnnc1-c1ccccc1. The van der Waals surface area contributed by atoms with Gasteiger partial charge in [0, 0.05) is 16.7 Å². The lowest BCUT2D eigenvalue weighted by molar-refractivity contribution is 0.0955. The van der Waals surface area contributed by atoms with Crippen molar-refractivity contribution in [2.45, 2.75) is 0 Å². The molecule has 5 nitrogen and oxygen atoms in total. The molecule has 0 bridgehead atoms. The fourth-order valence-corrected chi connectivity index (χ4v) is 2.14. The van der Waals surface area contributed by atoms with Gasteiger partial charge in [-0.25, -0.2) is 0 Å². The van der Waals surface area contributed by atoms with Gasteiger partial charge >= 0.3 is 0 Å². The average Bonchev–Trinajstić information content (AvgIpc) is 3.04. The van der Waals surface area contributed by atoms with Crippen molar-refractivity contribution in [3.05, 3.63) is 71.3 Å². The highest BCUT2D eigenvalue weighted by atomic mass is 35.5. The number of benzene rings is 2. The Morgan fingerprint density at radius 2 is 1.77 bits per heavy atom. The average molecular weight is 311 g/mol. The van der Waals surface area contributed by atoms with Crippen molar-refractivity contribution < 1.29 is 4.79 Å². The maximum atomic E-state index is 12.3. The molecule has 0 aliphatic heterocycles. The molecule has 3 rings (SSSR count). The fraction of sp³-hybridized carbons (Fsp3) is 0. The molecule has 108 valence electrons. The molecule has 0 spiro atoms. The molecular formula is C16H11ClN4O. The van der Waals surface area contributed by atoms with E-state index in [0.717, 1.165) is 15.8 Å². The molecule has 1 heterocycles. The molecule has 0 aliphatic carbocycles. The zero-order valence-electron chi connectivity index (χ0n) is 11.4. The summed E-state index contributed by atoms with van der Waals surface area (Å²) < 4.78 is 1.16. The van der Waals surface area contributed by atoms with E-state index in [-0.39, 0.29) is 5.91 Å². The van der Waals surface area contributed by atoms with Gasteiger partial charge < -0.3 is 0 Å². The third-order valence-electron chi connectivity index (χ3n) is 3.02. The molecule has 0 N–H and O–H groups in total. The van der Waals surface area contributed by atoms with Gasteiger partial charge in [0.2, 0.25) is 0 Å². The quantitative estimate of drug-likeness (QED) is 0.550. The second kappa shape index (κ2) is 6.32. The molecular weight excluding hydrogens is 300 g/mol. The smallest absolute Gasteiger partial charge is 0.267 e. The second-order valence-corrected chi connectivity index (χ2v) is 4.88. The van der Waals surface area contributed by atoms with E-state index < -0.39 is 0 Å². The van der Waals surface area contributed by atoms with Crippen LogP contribution >= 0.6 is 11.6 Å². The number of hydrogen-bond donors (Lipinski definition) is 0. The number of tetrazole rings is 1. The van der Waals surface area contributed by atoms with Crippen LogP contribution in [0.5, 0.6) is 0 Å². The standard InChI is InChI=1S/C16H11ClN4O/c17-14-9-5-4-6-12(14)10-11-15(22)21-16(18-19-20-21)13-7-2-1-3-8-13/h1-11H/b11-10+. The number of carbonyl (C=O) groups excluding carboxylic acids is 1. The minimum absolute atomic E-state index is 0.344. The monoisotopic (exact) mass is 310 g/mol. The molecule has 0 fully saturated rings. The summed E-state index contributed by atoms with van der Waals surface area (Å²) in [5.74, 6) is 0.0539. The van der Waals surface area contributed by atoms with E-state index in [9.17, 15) is 4.79 Å². The van der Waals surface area contributed by atoms with Crippen LogP contribution in [0.1, 0.15) is 10.4 Å². The lowest BCUT2D eigenvalue weighted by Gasteiger charge is -2.00. The number of carbonyl (C=O) groups is 1. The van der Waals surface area contributed by atoms with Crippen molar-refractivity contribution in [1.29, 1.82) is 0 Å². The van der Waals surface area contributed by atoms with E-state index in [0.29, 0.717) is 10.8 Å². The van der Waals surface area contributed by atoms with E-state index in [1.165, 1.54) is 6.08 Å². The minimum Gasteiger partial charge on any atom is -0.267 e. The first-order chi connectivity index (χ1) is 10.8. The first-order valence-electron chi connectivity index (χ1n) is 6.56. The van der Waals surface area contributed by atoms with Crippen LogP contribution in [0.2, 0.25) is 5.02 Å². The van der Waals surface area contributed by atoms with Gasteiger partial charge in [-0.05, 0) is 28.1 Å². The van der Waals surface area contributed by atoms with Crippen LogP contribution in [0.15, 0.2) is 60.7 Å². The first kappa shape index (κ1) is 14.2. The van der Waals surface area contributed by atoms with E-state index in [1.807, 2.05) is 48.5 Å². The number of aromatic nitrogens is 4. The number of hydrogen-bond acceptors (Lipinski definition) is 4. The van der Waals surface area contributed by atoms with Crippen LogP contribution in [0.25, 0.3) is 17.5 Å². The van der Waals surface area contributed by atoms with Crippen molar-refractivity contribution in [3.63, 3.8) is 0 Å². The molecule has 0 radical (unpaired) electrons. The van der Waals surface area contributed by atoms with Gasteiger partial charge in [-0.3, -0.25) is 4.79 Å². The number of allylic oxidation sites excluding steroid dienone is 1. The van der Waals surface area contributed by atoms with Gasteiger partial charge in [0.05, 0.1) is 0 Å². The summed E-state index contributed by atoms with van der Waals surface area (Å²) in [4.78, 5) is 12.3. The van der Waals surface area contributed by atoms with Gasteiger partial charge in [-0.1, -0.05) is 60.1 Å². The summed E-state index contributed by atoms with van der Waals surface area (Å²) in [5.41, 5.74) is 1.53. The largest absolute Gasteiger partial charge is 0.274 e. The minimum atomic E-state index is -0.344. The predicted octanol–water partition coefficient (Wildman–Crippen LogP) is 3.35. The lowest BCUT2D eigenvalue weighted by atomic mass is 10.2. The van der Waals surface area contributed by atoms with Crippen LogP contribution in [0.3, 0.4) is 0 Å². The summed E-state index contributed by atoms with van der Waals surface area (Å²) in [5, 5.41) is 11.8. The zero-order chi connectivity index (χ0) is 15.4. The van der Waals surface area contributed by atoms with Crippen LogP contribution in [-0.4, -0.2) is 26.1 Å². The Kier molecular flexibility index (Phi) is 4.07. The van der Waals surface area contributed by atoms with Gasteiger partial charge in [-0.15, -0.1) is 5.10 Å². The Hall–Kier alpha value is -2.79. The van der Waals surface area contributed by atoms with Gasteiger partial charge in [0.1, 0.15) is 0 Å². The summed E-state index contributed by atoms with van der Waals surface area (Å²) in [6.45, 7) is 0. The highest BCUT2D eigenvalue weighted by molar-refractivity contribution is 6.32. The Morgan fingerprint density at radius 3 is 2.55 bits per heavy atom. The van der Waals surface area contributed by atoms with E-state index in [1.54, 1.807) is 12.1 Å². The molecule has 3 aromatic rings. The topological polar surface area (TPSA) is 60.7 Å². The lowest BCUT2D eigenvalue weighted by Crippen LogP contribution is -2.11. The van der Waals surface area contributed by atoms with Gasteiger partial charge in [0.25, 0.3) is 5.91 Å². The van der Waals surface area contributed by atoms with Crippen molar-refractivity contribution >= 4 is 23.6 Å². The maximum absolute atomic E-state index is 12.3. The molecule has 0 unspecified atom stereocenters. The molecule has 0 saturated heterocycles. The maximum Gasteiger partial charge on any atom is 0.274 e. The Balaban J connectivity index is 1.88.